The molecule has 1 aromatic rings. The molecule has 2 heterocycles. The van der Waals surface area contributed by atoms with Crippen LogP contribution >= 0.6 is 0 Å². The molecule has 0 aliphatic carbocycles. The van der Waals surface area contributed by atoms with Crippen LogP contribution in [-0.4, -0.2) is 27.7 Å². The number of aryl methyl sites for hydroxylation is 1. The molecule has 0 spiro atoms. The minimum absolute atomic E-state index is 0.132. The van der Waals surface area contributed by atoms with Crippen molar-refractivity contribution in [3.05, 3.63) is 28.2 Å². The van der Waals surface area contributed by atoms with Crippen molar-refractivity contribution >= 4 is 0 Å². The first-order chi connectivity index (χ1) is 10.2. The van der Waals surface area contributed by atoms with Crippen LogP contribution < -0.4 is 5.43 Å². The Labute approximate surface area is 127 Å². The smallest absolute Gasteiger partial charge is 0.223 e. The normalized spacial score (nSPS) is 16.2. The van der Waals surface area contributed by atoms with Crippen LogP contribution in [0.4, 0.5) is 0 Å². The number of aromatic nitrogens is 1. The fraction of sp³-hybridized carbons (Fsp3) is 0.706. The predicted octanol–water partition coefficient (Wildman–Crippen LogP) is 3.12. The molecule has 0 radical (unpaired) electrons. The molecule has 4 heteroatoms. The number of nitrogens with zero attached hydrogens (tertiary/aromatic N) is 2. The van der Waals surface area contributed by atoms with Gasteiger partial charge in [-0.05, 0) is 32.4 Å². The number of likely N-dealkylation sites (tertiary alicyclic amines) is 1. The Hall–Kier alpha value is -1.29. The van der Waals surface area contributed by atoms with Gasteiger partial charge < -0.3 is 9.67 Å². The summed E-state index contributed by atoms with van der Waals surface area (Å²) < 4.78 is 2.07. The van der Waals surface area contributed by atoms with Gasteiger partial charge >= 0.3 is 0 Å². The van der Waals surface area contributed by atoms with E-state index in [1.54, 1.807) is 12.3 Å². The van der Waals surface area contributed by atoms with Crippen LogP contribution in [0.1, 0.15) is 57.6 Å². The Balaban J connectivity index is 2.05. The summed E-state index contributed by atoms with van der Waals surface area (Å²) >= 11 is 0. The molecular formula is C17H28N2O2. The molecule has 2 rings (SSSR count). The minimum Gasteiger partial charge on any atom is -0.503 e. The van der Waals surface area contributed by atoms with Gasteiger partial charge in [0.25, 0.3) is 0 Å². The summed E-state index contributed by atoms with van der Waals surface area (Å²) in [5.41, 5.74) is 0.781. The Bertz CT molecular complexity index is 490. The summed E-state index contributed by atoms with van der Waals surface area (Å²) in [5, 5.41) is 9.69. The van der Waals surface area contributed by atoms with E-state index in [2.05, 4.69) is 16.4 Å². The van der Waals surface area contributed by atoms with Gasteiger partial charge in [0.1, 0.15) is 0 Å². The van der Waals surface area contributed by atoms with E-state index in [1.807, 2.05) is 0 Å². The fourth-order valence-corrected chi connectivity index (χ4v) is 3.00. The Morgan fingerprint density at radius 1 is 1.14 bits per heavy atom. The molecule has 0 atom stereocenters. The first kappa shape index (κ1) is 16.1. The van der Waals surface area contributed by atoms with Crippen LogP contribution in [0.25, 0.3) is 0 Å². The second kappa shape index (κ2) is 8.23. The zero-order chi connectivity index (χ0) is 15.1. The maximum absolute atomic E-state index is 11.7. The van der Waals surface area contributed by atoms with E-state index in [0.717, 1.165) is 38.3 Å². The van der Waals surface area contributed by atoms with Crippen molar-refractivity contribution in [2.75, 3.05) is 13.1 Å². The van der Waals surface area contributed by atoms with Gasteiger partial charge in [-0.3, -0.25) is 9.69 Å². The highest BCUT2D eigenvalue weighted by atomic mass is 16.3. The molecule has 1 aliphatic rings. The summed E-state index contributed by atoms with van der Waals surface area (Å²) in [6, 6.07) is 1.61. The third-order valence-electron chi connectivity index (χ3n) is 4.28. The van der Waals surface area contributed by atoms with Gasteiger partial charge in [-0.1, -0.05) is 32.6 Å². The van der Waals surface area contributed by atoms with Crippen LogP contribution in [0.5, 0.6) is 5.75 Å². The molecule has 1 aromatic heterocycles. The monoisotopic (exact) mass is 292 g/mol. The van der Waals surface area contributed by atoms with Gasteiger partial charge in [0, 0.05) is 24.8 Å². The van der Waals surface area contributed by atoms with Crippen molar-refractivity contribution in [2.24, 2.45) is 0 Å². The molecule has 1 aliphatic heterocycles. The molecule has 1 saturated heterocycles. The maximum atomic E-state index is 11.7. The molecule has 1 fully saturated rings. The van der Waals surface area contributed by atoms with Gasteiger partial charge in [0.05, 0.1) is 6.20 Å². The lowest BCUT2D eigenvalue weighted by Crippen LogP contribution is -2.31. The predicted molar refractivity (Wildman–Crippen MR) is 85.6 cm³/mol. The van der Waals surface area contributed by atoms with Crippen molar-refractivity contribution in [2.45, 2.75) is 65.0 Å². The summed E-state index contributed by atoms with van der Waals surface area (Å²) in [7, 11) is 0. The third-order valence-corrected chi connectivity index (χ3v) is 4.28. The zero-order valence-electron chi connectivity index (χ0n) is 13.2. The van der Waals surface area contributed by atoms with E-state index in [4.69, 9.17) is 0 Å². The van der Waals surface area contributed by atoms with Crippen LogP contribution in [0.2, 0.25) is 0 Å². The molecule has 4 nitrogen and oxygen atoms in total. The standard InChI is InChI=1S/C17H28N2O2/c1-2-3-4-8-11-19-14-17(21)16(20)12-15(19)13-18-9-6-5-7-10-18/h12,14,21H,2-11,13H2,1H3. The van der Waals surface area contributed by atoms with E-state index in [0.29, 0.717) is 0 Å². The average molecular weight is 292 g/mol. The molecule has 118 valence electrons. The van der Waals surface area contributed by atoms with Gasteiger partial charge in [0.2, 0.25) is 5.43 Å². The molecule has 0 bridgehead atoms. The second-order valence-electron chi connectivity index (χ2n) is 6.11. The van der Waals surface area contributed by atoms with Crippen LogP contribution in [0, 0.1) is 0 Å². The van der Waals surface area contributed by atoms with Crippen LogP contribution in [0.15, 0.2) is 17.1 Å². The summed E-state index contributed by atoms with van der Waals surface area (Å²) in [6.45, 7) is 6.14. The molecule has 0 aromatic carbocycles. The van der Waals surface area contributed by atoms with Crippen molar-refractivity contribution in [3.8, 4) is 5.75 Å². The summed E-state index contributed by atoms with van der Waals surface area (Å²) in [5.74, 6) is -0.132. The minimum atomic E-state index is -0.258. The molecule has 1 N–H and O–H groups in total. The van der Waals surface area contributed by atoms with Gasteiger partial charge in [-0.15, -0.1) is 0 Å². The van der Waals surface area contributed by atoms with Gasteiger partial charge in [-0.2, -0.15) is 0 Å². The Morgan fingerprint density at radius 2 is 1.90 bits per heavy atom. The van der Waals surface area contributed by atoms with Crippen molar-refractivity contribution in [1.82, 2.24) is 9.47 Å². The number of hydrogen-bond acceptors (Lipinski definition) is 3. The van der Waals surface area contributed by atoms with Crippen molar-refractivity contribution in [3.63, 3.8) is 0 Å². The highest BCUT2D eigenvalue weighted by molar-refractivity contribution is 5.20. The van der Waals surface area contributed by atoms with E-state index < -0.39 is 0 Å². The van der Waals surface area contributed by atoms with E-state index in [1.165, 1.54) is 38.5 Å². The maximum Gasteiger partial charge on any atom is 0.223 e. The number of hydrogen-bond donors (Lipinski definition) is 1. The summed E-state index contributed by atoms with van der Waals surface area (Å²) in [4.78, 5) is 14.1. The lowest BCUT2D eigenvalue weighted by atomic mass is 10.1. The highest BCUT2D eigenvalue weighted by Crippen LogP contribution is 2.15. The molecule has 0 saturated carbocycles. The lowest BCUT2D eigenvalue weighted by Gasteiger charge is -2.27. The SMILES string of the molecule is CCCCCCn1cc(O)c(=O)cc1CN1CCCCC1. The topological polar surface area (TPSA) is 45.5 Å². The summed E-state index contributed by atoms with van der Waals surface area (Å²) in [6.07, 6.45) is 10.2. The van der Waals surface area contributed by atoms with Crippen LogP contribution in [0.3, 0.4) is 0 Å². The average Bonchev–Trinajstić information content (AvgIpc) is 2.49. The molecule has 21 heavy (non-hydrogen) atoms. The number of rotatable bonds is 7. The first-order valence-corrected chi connectivity index (χ1v) is 8.35. The molecule has 0 amide bonds. The van der Waals surface area contributed by atoms with Crippen molar-refractivity contribution < 1.29 is 5.11 Å². The highest BCUT2D eigenvalue weighted by Gasteiger charge is 2.13. The molecule has 0 unspecified atom stereocenters. The number of piperidine rings is 1. The van der Waals surface area contributed by atoms with Crippen LogP contribution in [-0.2, 0) is 13.1 Å². The zero-order valence-corrected chi connectivity index (χ0v) is 13.2. The quantitative estimate of drug-likeness (QED) is 0.785. The van der Waals surface area contributed by atoms with E-state index >= 15 is 0 Å². The Morgan fingerprint density at radius 3 is 2.62 bits per heavy atom. The van der Waals surface area contributed by atoms with Gasteiger partial charge in [-0.25, -0.2) is 0 Å². The molecular weight excluding hydrogens is 264 g/mol. The number of aromatic hydroxyl groups is 1. The third kappa shape index (κ3) is 4.88. The van der Waals surface area contributed by atoms with E-state index in [-0.39, 0.29) is 11.2 Å². The van der Waals surface area contributed by atoms with E-state index in [9.17, 15) is 9.90 Å². The first-order valence-electron chi connectivity index (χ1n) is 8.35. The largest absolute Gasteiger partial charge is 0.503 e. The second-order valence-corrected chi connectivity index (χ2v) is 6.11. The number of unbranched alkanes of at least 4 members (excludes halogenated alkanes) is 3. The van der Waals surface area contributed by atoms with Crippen molar-refractivity contribution in [1.29, 1.82) is 0 Å². The number of pyridine rings is 1. The Kier molecular flexibility index (Phi) is 6.30. The fourth-order valence-electron chi connectivity index (χ4n) is 3.00. The lowest BCUT2D eigenvalue weighted by molar-refractivity contribution is 0.214. The van der Waals surface area contributed by atoms with Gasteiger partial charge in [0.15, 0.2) is 5.75 Å².